The lowest BCUT2D eigenvalue weighted by molar-refractivity contribution is -0.143. The molecule has 6 heteroatoms. The summed E-state index contributed by atoms with van der Waals surface area (Å²) >= 11 is 0. The highest BCUT2D eigenvalue weighted by molar-refractivity contribution is 5.74. The highest BCUT2D eigenvalue weighted by Crippen LogP contribution is 2.39. The first-order chi connectivity index (χ1) is 11.3. The van der Waals surface area contributed by atoms with E-state index in [4.69, 9.17) is 28.9 Å². The molecule has 24 heavy (non-hydrogen) atoms. The second kappa shape index (κ2) is 5.46. The Morgan fingerprint density at radius 3 is 1.54 bits per heavy atom. The van der Waals surface area contributed by atoms with Gasteiger partial charge in [0.1, 0.15) is 12.2 Å². The summed E-state index contributed by atoms with van der Waals surface area (Å²) in [5.74, 6) is -1.25. The van der Waals surface area contributed by atoms with E-state index in [0.717, 1.165) is 22.4 Å². The van der Waals surface area contributed by atoms with Crippen molar-refractivity contribution in [3.05, 3.63) is 35.7 Å². The molecule has 2 aromatic rings. The molecule has 1 aromatic heterocycles. The zero-order valence-electron chi connectivity index (χ0n) is 14.4. The molecule has 0 radical (unpaired) electrons. The molecule has 1 aromatic carbocycles. The fourth-order valence-corrected chi connectivity index (χ4v) is 3.14. The predicted molar refractivity (Wildman–Crippen MR) is 87.3 cm³/mol. The Hall–Kier alpha value is -1.60. The second-order valence-electron chi connectivity index (χ2n) is 7.12. The van der Waals surface area contributed by atoms with Crippen molar-refractivity contribution >= 4 is 11.0 Å². The molecule has 2 aliphatic heterocycles. The minimum absolute atomic E-state index is 0.264. The normalized spacial score (nSPS) is 28.5. The van der Waals surface area contributed by atoms with E-state index in [1.54, 1.807) is 0 Å². The summed E-state index contributed by atoms with van der Waals surface area (Å²) in [7, 11) is 0. The smallest absolute Gasteiger partial charge is 0.163 e. The van der Waals surface area contributed by atoms with Gasteiger partial charge in [0, 0.05) is 0 Å². The van der Waals surface area contributed by atoms with Crippen molar-refractivity contribution in [2.24, 2.45) is 0 Å². The molecule has 0 saturated carbocycles. The Morgan fingerprint density at radius 1 is 0.792 bits per heavy atom. The Bertz CT molecular complexity index is 710. The number of hydrogen-bond donors (Lipinski definition) is 0. The predicted octanol–water partition coefficient (Wildman–Crippen LogP) is 3.28. The molecule has 2 fully saturated rings. The van der Waals surface area contributed by atoms with Crippen molar-refractivity contribution in [3.63, 3.8) is 0 Å². The van der Waals surface area contributed by atoms with E-state index in [1.165, 1.54) is 0 Å². The first-order valence-corrected chi connectivity index (χ1v) is 8.23. The van der Waals surface area contributed by atoms with Crippen LogP contribution in [0, 0.1) is 0 Å². The van der Waals surface area contributed by atoms with E-state index in [9.17, 15) is 0 Å². The number of para-hydroxylation sites is 2. The Morgan fingerprint density at radius 2 is 1.21 bits per heavy atom. The quantitative estimate of drug-likeness (QED) is 0.842. The van der Waals surface area contributed by atoms with Crippen LogP contribution in [-0.2, 0) is 18.9 Å². The van der Waals surface area contributed by atoms with E-state index in [0.29, 0.717) is 13.2 Å². The Balaban J connectivity index is 1.79. The molecule has 0 aliphatic carbocycles. The minimum Gasteiger partial charge on any atom is -0.347 e. The molecular formula is C18H22N2O4. The van der Waals surface area contributed by atoms with E-state index in [1.807, 2.05) is 52.0 Å². The molecule has 0 spiro atoms. The van der Waals surface area contributed by atoms with Gasteiger partial charge in [-0.25, -0.2) is 9.97 Å². The fraction of sp³-hybridized carbons (Fsp3) is 0.556. The van der Waals surface area contributed by atoms with Crippen LogP contribution in [0.15, 0.2) is 24.3 Å². The van der Waals surface area contributed by atoms with Gasteiger partial charge in [0.05, 0.1) is 35.6 Å². The zero-order valence-corrected chi connectivity index (χ0v) is 14.4. The van der Waals surface area contributed by atoms with Crippen LogP contribution in [0.1, 0.15) is 51.3 Å². The Labute approximate surface area is 141 Å². The SMILES string of the molecule is CC1(C)OC[C@H](c2nc3ccccc3nc2[C@H]2COC(C)(C)O2)O1. The van der Waals surface area contributed by atoms with Crippen molar-refractivity contribution < 1.29 is 18.9 Å². The summed E-state index contributed by atoms with van der Waals surface area (Å²) in [5.41, 5.74) is 3.21. The summed E-state index contributed by atoms with van der Waals surface area (Å²) in [4.78, 5) is 9.62. The number of nitrogens with zero attached hydrogens (tertiary/aromatic N) is 2. The highest BCUT2D eigenvalue weighted by atomic mass is 16.7. The van der Waals surface area contributed by atoms with Crippen LogP contribution >= 0.6 is 0 Å². The maximum absolute atomic E-state index is 6.01. The van der Waals surface area contributed by atoms with Crippen LogP contribution in [-0.4, -0.2) is 34.8 Å². The number of aromatic nitrogens is 2. The number of rotatable bonds is 2. The van der Waals surface area contributed by atoms with Crippen LogP contribution in [0.3, 0.4) is 0 Å². The third-order valence-electron chi connectivity index (χ3n) is 4.25. The first kappa shape index (κ1) is 15.9. The highest BCUT2D eigenvalue weighted by Gasteiger charge is 2.41. The van der Waals surface area contributed by atoms with Gasteiger partial charge in [-0.15, -0.1) is 0 Å². The molecule has 0 N–H and O–H groups in total. The Kier molecular flexibility index (Phi) is 3.61. The average molecular weight is 330 g/mol. The maximum atomic E-state index is 6.01. The van der Waals surface area contributed by atoms with Crippen molar-refractivity contribution in [1.82, 2.24) is 9.97 Å². The van der Waals surface area contributed by atoms with Crippen molar-refractivity contribution in [2.75, 3.05) is 13.2 Å². The van der Waals surface area contributed by atoms with Gasteiger partial charge in [-0.3, -0.25) is 0 Å². The van der Waals surface area contributed by atoms with Crippen LogP contribution in [0.4, 0.5) is 0 Å². The van der Waals surface area contributed by atoms with Crippen LogP contribution in [0.25, 0.3) is 11.0 Å². The summed E-state index contributed by atoms with van der Waals surface area (Å²) in [6.07, 6.45) is -0.529. The van der Waals surface area contributed by atoms with Gasteiger partial charge < -0.3 is 18.9 Å². The number of benzene rings is 1. The van der Waals surface area contributed by atoms with E-state index < -0.39 is 11.6 Å². The van der Waals surface area contributed by atoms with Gasteiger partial charge in [0.2, 0.25) is 0 Å². The lowest BCUT2D eigenvalue weighted by Crippen LogP contribution is -2.22. The number of hydrogen-bond acceptors (Lipinski definition) is 6. The summed E-state index contributed by atoms with van der Waals surface area (Å²) in [6.45, 7) is 8.51. The monoisotopic (exact) mass is 330 g/mol. The molecule has 4 rings (SSSR count). The molecule has 128 valence electrons. The molecule has 0 bridgehead atoms. The van der Waals surface area contributed by atoms with Crippen LogP contribution < -0.4 is 0 Å². The van der Waals surface area contributed by atoms with Gasteiger partial charge in [-0.1, -0.05) is 12.1 Å². The van der Waals surface area contributed by atoms with Crippen molar-refractivity contribution in [2.45, 2.75) is 51.5 Å². The molecular weight excluding hydrogens is 308 g/mol. The standard InChI is InChI=1S/C18H22N2O4/c1-17(2)21-9-13(23-17)15-16(14-10-22-18(3,4)24-14)20-12-8-6-5-7-11(12)19-15/h5-8,13-14H,9-10H2,1-4H3/t13-,14-/m1/s1. The first-order valence-electron chi connectivity index (χ1n) is 8.23. The lowest BCUT2D eigenvalue weighted by Gasteiger charge is -2.21. The number of fused-ring (bicyclic) bond motifs is 1. The minimum atomic E-state index is -0.623. The summed E-state index contributed by atoms with van der Waals surface area (Å²) in [6, 6.07) is 7.81. The molecule has 2 saturated heterocycles. The fourth-order valence-electron chi connectivity index (χ4n) is 3.14. The summed E-state index contributed by atoms with van der Waals surface area (Å²) in [5, 5.41) is 0. The topological polar surface area (TPSA) is 62.7 Å². The van der Waals surface area contributed by atoms with Crippen LogP contribution in [0.2, 0.25) is 0 Å². The molecule has 2 atom stereocenters. The molecule has 0 unspecified atom stereocenters. The maximum Gasteiger partial charge on any atom is 0.163 e. The largest absolute Gasteiger partial charge is 0.347 e. The van der Waals surface area contributed by atoms with Gasteiger partial charge in [-0.2, -0.15) is 0 Å². The van der Waals surface area contributed by atoms with E-state index in [2.05, 4.69) is 0 Å². The average Bonchev–Trinajstić information content (AvgIpc) is 3.07. The second-order valence-corrected chi connectivity index (χ2v) is 7.12. The van der Waals surface area contributed by atoms with Crippen molar-refractivity contribution in [1.29, 1.82) is 0 Å². The van der Waals surface area contributed by atoms with E-state index >= 15 is 0 Å². The molecule has 2 aliphatic rings. The molecule has 0 amide bonds. The molecule has 3 heterocycles. The van der Waals surface area contributed by atoms with Gasteiger partial charge in [0.15, 0.2) is 11.6 Å². The lowest BCUT2D eigenvalue weighted by atomic mass is 10.1. The van der Waals surface area contributed by atoms with Gasteiger partial charge >= 0.3 is 0 Å². The number of ether oxygens (including phenoxy) is 4. The van der Waals surface area contributed by atoms with Gasteiger partial charge in [-0.05, 0) is 39.8 Å². The third-order valence-corrected chi connectivity index (χ3v) is 4.25. The van der Waals surface area contributed by atoms with Crippen LogP contribution in [0.5, 0.6) is 0 Å². The van der Waals surface area contributed by atoms with Crippen molar-refractivity contribution in [3.8, 4) is 0 Å². The van der Waals surface area contributed by atoms with Gasteiger partial charge in [0.25, 0.3) is 0 Å². The zero-order chi connectivity index (χ0) is 16.9. The third kappa shape index (κ3) is 2.91. The van der Waals surface area contributed by atoms with E-state index in [-0.39, 0.29) is 12.2 Å². The summed E-state index contributed by atoms with van der Waals surface area (Å²) < 4.78 is 23.5. The molecule has 6 nitrogen and oxygen atoms in total.